The summed E-state index contributed by atoms with van der Waals surface area (Å²) in [4.78, 5) is 17.1. The maximum absolute atomic E-state index is 12.5. The van der Waals surface area contributed by atoms with E-state index in [0.29, 0.717) is 12.6 Å². The standard InChI is InChI=1S/C17H24N4OS.2ClH/c1-23-11-16-20-14-4-2-3-5-15(14)21(16)10-17(22)19-13-8-6-12(18)7-9-13;;/h2-5,12-13H,6-11,18H2,1H3,(H,19,22);2*1H. The van der Waals surface area contributed by atoms with Crippen LogP contribution < -0.4 is 11.1 Å². The number of fused-ring (bicyclic) bond motifs is 1. The molecule has 0 spiro atoms. The predicted octanol–water partition coefficient (Wildman–Crippen LogP) is 3.13. The molecule has 1 saturated carbocycles. The Morgan fingerprint density at radius 1 is 1.28 bits per heavy atom. The molecule has 0 atom stereocenters. The molecule has 1 heterocycles. The third kappa shape index (κ3) is 5.51. The molecule has 3 rings (SSSR count). The largest absolute Gasteiger partial charge is 0.352 e. The summed E-state index contributed by atoms with van der Waals surface area (Å²) in [6.07, 6.45) is 6.01. The highest BCUT2D eigenvalue weighted by Gasteiger charge is 2.21. The molecule has 2 aromatic rings. The molecule has 25 heavy (non-hydrogen) atoms. The highest BCUT2D eigenvalue weighted by Crippen LogP contribution is 2.20. The number of rotatable bonds is 5. The number of nitrogens with one attached hydrogen (secondary N) is 1. The summed E-state index contributed by atoms with van der Waals surface area (Å²) in [6, 6.07) is 8.56. The van der Waals surface area contributed by atoms with E-state index in [-0.39, 0.29) is 36.8 Å². The first-order valence-corrected chi connectivity index (χ1v) is 9.55. The number of nitrogens with two attached hydrogens (primary N) is 1. The Morgan fingerprint density at radius 2 is 1.96 bits per heavy atom. The Bertz CT molecular complexity index is 686. The molecule has 5 nitrogen and oxygen atoms in total. The van der Waals surface area contributed by atoms with Crippen molar-refractivity contribution >= 4 is 53.5 Å². The molecule has 140 valence electrons. The molecular weight excluding hydrogens is 379 g/mol. The normalized spacial score (nSPS) is 19.8. The number of carbonyl (C=O) groups excluding carboxylic acids is 1. The van der Waals surface area contributed by atoms with Crippen LogP contribution in [0.5, 0.6) is 0 Å². The van der Waals surface area contributed by atoms with Gasteiger partial charge in [0, 0.05) is 12.1 Å². The van der Waals surface area contributed by atoms with E-state index >= 15 is 0 Å². The van der Waals surface area contributed by atoms with Crippen molar-refractivity contribution in [3.63, 3.8) is 0 Å². The quantitative estimate of drug-likeness (QED) is 0.802. The van der Waals surface area contributed by atoms with Crippen molar-refractivity contribution in [2.24, 2.45) is 5.73 Å². The number of carbonyl (C=O) groups is 1. The number of hydrogen-bond acceptors (Lipinski definition) is 4. The fourth-order valence-corrected chi connectivity index (χ4v) is 3.70. The van der Waals surface area contributed by atoms with Crippen LogP contribution in [0.3, 0.4) is 0 Å². The van der Waals surface area contributed by atoms with Gasteiger partial charge in [-0.25, -0.2) is 4.98 Å². The summed E-state index contributed by atoms with van der Waals surface area (Å²) in [6.45, 7) is 0.332. The van der Waals surface area contributed by atoms with Crippen molar-refractivity contribution in [1.82, 2.24) is 14.9 Å². The molecular formula is C17H26Cl2N4OS. The molecule has 0 unspecified atom stereocenters. The van der Waals surface area contributed by atoms with Gasteiger partial charge >= 0.3 is 0 Å². The summed E-state index contributed by atoms with van der Waals surface area (Å²) in [5.74, 6) is 1.83. The third-order valence-electron chi connectivity index (χ3n) is 4.45. The van der Waals surface area contributed by atoms with Gasteiger partial charge in [-0.15, -0.1) is 24.8 Å². The van der Waals surface area contributed by atoms with Gasteiger partial charge in [0.25, 0.3) is 0 Å². The van der Waals surface area contributed by atoms with Gasteiger partial charge in [-0.05, 0) is 44.1 Å². The SMILES string of the molecule is CSCc1nc2ccccc2n1CC(=O)NC1CCC(N)CC1.Cl.Cl. The number of para-hydroxylation sites is 2. The number of benzene rings is 1. The number of halogens is 2. The zero-order chi connectivity index (χ0) is 16.2. The maximum Gasteiger partial charge on any atom is 0.240 e. The Morgan fingerprint density at radius 3 is 2.64 bits per heavy atom. The summed E-state index contributed by atoms with van der Waals surface area (Å²) in [7, 11) is 0. The molecule has 0 saturated heterocycles. The van der Waals surface area contributed by atoms with Crippen LogP contribution in [0.1, 0.15) is 31.5 Å². The van der Waals surface area contributed by atoms with E-state index in [1.165, 1.54) is 0 Å². The topological polar surface area (TPSA) is 72.9 Å². The van der Waals surface area contributed by atoms with Gasteiger partial charge in [0.1, 0.15) is 12.4 Å². The van der Waals surface area contributed by atoms with Crippen LogP contribution in [0.2, 0.25) is 0 Å². The first-order chi connectivity index (χ1) is 11.2. The Hall–Kier alpha value is -0.950. The number of hydrogen-bond donors (Lipinski definition) is 2. The zero-order valence-electron chi connectivity index (χ0n) is 14.3. The minimum absolute atomic E-state index is 0. The van der Waals surface area contributed by atoms with Crippen molar-refractivity contribution in [2.45, 2.75) is 50.1 Å². The predicted molar refractivity (Wildman–Crippen MR) is 110 cm³/mol. The van der Waals surface area contributed by atoms with Crippen LogP contribution >= 0.6 is 36.6 Å². The van der Waals surface area contributed by atoms with E-state index < -0.39 is 0 Å². The second-order valence-corrected chi connectivity index (χ2v) is 7.08. The third-order valence-corrected chi connectivity index (χ3v) is 4.99. The van der Waals surface area contributed by atoms with E-state index in [2.05, 4.69) is 16.6 Å². The molecule has 1 aliphatic rings. The fourth-order valence-electron chi connectivity index (χ4n) is 3.22. The molecule has 1 amide bonds. The minimum atomic E-state index is 0. The molecule has 0 aliphatic heterocycles. The highest BCUT2D eigenvalue weighted by atomic mass is 35.5. The number of imidazole rings is 1. The van der Waals surface area contributed by atoms with Crippen molar-refractivity contribution in [3.8, 4) is 0 Å². The molecule has 1 aliphatic carbocycles. The van der Waals surface area contributed by atoms with Crippen LogP contribution in [0.4, 0.5) is 0 Å². The first-order valence-electron chi connectivity index (χ1n) is 8.15. The Balaban J connectivity index is 0.00000156. The second-order valence-electron chi connectivity index (χ2n) is 6.22. The van der Waals surface area contributed by atoms with Gasteiger partial charge in [-0.3, -0.25) is 4.79 Å². The van der Waals surface area contributed by atoms with E-state index in [1.54, 1.807) is 11.8 Å². The second kappa shape index (κ2) is 10.3. The summed E-state index contributed by atoms with van der Waals surface area (Å²) < 4.78 is 2.04. The average molecular weight is 405 g/mol. The average Bonchev–Trinajstić information content (AvgIpc) is 2.88. The van der Waals surface area contributed by atoms with Crippen molar-refractivity contribution in [3.05, 3.63) is 30.1 Å². The summed E-state index contributed by atoms with van der Waals surface area (Å²) in [5, 5.41) is 3.16. The Kier molecular flexibility index (Phi) is 9.07. The van der Waals surface area contributed by atoms with Crippen molar-refractivity contribution in [2.75, 3.05) is 6.26 Å². The van der Waals surface area contributed by atoms with Crippen molar-refractivity contribution in [1.29, 1.82) is 0 Å². The molecule has 8 heteroatoms. The summed E-state index contributed by atoms with van der Waals surface area (Å²) in [5.41, 5.74) is 7.90. The van der Waals surface area contributed by atoms with E-state index in [0.717, 1.165) is 48.3 Å². The molecule has 3 N–H and O–H groups in total. The van der Waals surface area contributed by atoms with Gasteiger partial charge < -0.3 is 15.6 Å². The lowest BCUT2D eigenvalue weighted by Gasteiger charge is -2.27. The maximum atomic E-state index is 12.5. The molecule has 1 fully saturated rings. The van der Waals surface area contributed by atoms with Crippen LogP contribution in [0.15, 0.2) is 24.3 Å². The molecule has 1 aromatic heterocycles. The fraction of sp³-hybridized carbons (Fsp3) is 0.529. The van der Waals surface area contributed by atoms with Gasteiger partial charge in [-0.2, -0.15) is 11.8 Å². The number of amides is 1. The van der Waals surface area contributed by atoms with Gasteiger partial charge in [-0.1, -0.05) is 12.1 Å². The Labute approximate surface area is 165 Å². The lowest BCUT2D eigenvalue weighted by molar-refractivity contribution is -0.122. The van der Waals surface area contributed by atoms with Gasteiger partial charge in [0.05, 0.1) is 16.8 Å². The lowest BCUT2D eigenvalue weighted by atomic mass is 9.92. The number of nitrogens with zero attached hydrogens (tertiary/aromatic N) is 2. The van der Waals surface area contributed by atoms with Gasteiger partial charge in [0.2, 0.25) is 5.91 Å². The first kappa shape index (κ1) is 22.1. The van der Waals surface area contributed by atoms with Gasteiger partial charge in [0.15, 0.2) is 0 Å². The van der Waals surface area contributed by atoms with Crippen LogP contribution in [0.25, 0.3) is 11.0 Å². The van der Waals surface area contributed by atoms with E-state index in [4.69, 9.17) is 5.73 Å². The highest BCUT2D eigenvalue weighted by molar-refractivity contribution is 7.97. The number of aromatic nitrogens is 2. The van der Waals surface area contributed by atoms with Crippen molar-refractivity contribution < 1.29 is 4.79 Å². The van der Waals surface area contributed by atoms with Crippen LogP contribution in [-0.4, -0.2) is 33.8 Å². The molecule has 1 aromatic carbocycles. The molecule has 0 radical (unpaired) electrons. The summed E-state index contributed by atoms with van der Waals surface area (Å²) >= 11 is 1.72. The smallest absolute Gasteiger partial charge is 0.240 e. The zero-order valence-corrected chi connectivity index (χ0v) is 16.8. The monoisotopic (exact) mass is 404 g/mol. The molecule has 0 bridgehead atoms. The van der Waals surface area contributed by atoms with E-state index in [9.17, 15) is 4.79 Å². The van der Waals surface area contributed by atoms with Crippen LogP contribution in [-0.2, 0) is 17.1 Å². The minimum Gasteiger partial charge on any atom is -0.352 e. The number of thioether (sulfide) groups is 1. The lowest BCUT2D eigenvalue weighted by Crippen LogP contribution is -2.41. The van der Waals surface area contributed by atoms with Crippen LogP contribution in [0, 0.1) is 0 Å². The van der Waals surface area contributed by atoms with E-state index in [1.807, 2.05) is 28.8 Å².